The third-order valence-electron chi connectivity index (χ3n) is 7.58. The number of benzene rings is 1. The Morgan fingerprint density at radius 2 is 2.04 bits per heavy atom. The van der Waals surface area contributed by atoms with Crippen LogP contribution in [-0.4, -0.2) is 56.7 Å². The predicted octanol–water partition coefficient (Wildman–Crippen LogP) is 2.11. The lowest BCUT2D eigenvalue weighted by atomic mass is 9.50. The summed E-state index contributed by atoms with van der Waals surface area (Å²) in [6, 6.07) is 4.91. The van der Waals surface area contributed by atoms with Gasteiger partial charge in [0.2, 0.25) is 5.79 Å². The molecule has 1 saturated carbocycles. The summed E-state index contributed by atoms with van der Waals surface area (Å²) in [4.78, 5) is 2.56. The molecule has 1 aromatic carbocycles. The van der Waals surface area contributed by atoms with Gasteiger partial charge in [-0.25, -0.2) is 0 Å². The largest absolute Gasteiger partial charge is 0.493 e. The van der Waals surface area contributed by atoms with Gasteiger partial charge < -0.3 is 23.8 Å². The van der Waals surface area contributed by atoms with Crippen LogP contribution in [0.2, 0.25) is 0 Å². The second-order valence-corrected chi connectivity index (χ2v) is 8.33. The minimum atomic E-state index is -0.574. The number of likely N-dealkylation sites (N-methyl/N-ethyl adjacent to an activating group) is 1. The Morgan fingerprint density at radius 1 is 1.20 bits per heavy atom. The van der Waals surface area contributed by atoms with Crippen molar-refractivity contribution in [2.75, 3.05) is 33.9 Å². The van der Waals surface area contributed by atoms with Crippen molar-refractivity contribution in [2.45, 2.75) is 49.0 Å². The van der Waals surface area contributed by atoms with Crippen LogP contribution in [0.25, 0.3) is 0 Å². The third kappa shape index (κ3) is 1.57. The van der Waals surface area contributed by atoms with Crippen molar-refractivity contribution in [1.29, 1.82) is 0 Å². The normalized spacial score (nSPS) is 40.0. The SMILES string of the molecule is COc1ccc2c3c1O[C@H]1C4(CCC5[C@@H](C2)N(C)CC[C@@]351)OCCO4. The number of methoxy groups -OCH3 is 1. The van der Waals surface area contributed by atoms with Crippen molar-refractivity contribution in [3.8, 4) is 11.5 Å². The fraction of sp³-hybridized carbons (Fsp3) is 0.700. The van der Waals surface area contributed by atoms with Crippen molar-refractivity contribution in [1.82, 2.24) is 4.90 Å². The molecule has 0 radical (unpaired) electrons. The first-order valence-electron chi connectivity index (χ1n) is 9.55. The number of nitrogens with zero attached hydrogens (tertiary/aromatic N) is 1. The van der Waals surface area contributed by atoms with Crippen molar-refractivity contribution < 1.29 is 18.9 Å². The summed E-state index contributed by atoms with van der Waals surface area (Å²) >= 11 is 0. The molecule has 0 aromatic heterocycles. The van der Waals surface area contributed by atoms with Crippen LogP contribution in [0.5, 0.6) is 11.5 Å². The van der Waals surface area contributed by atoms with Crippen molar-refractivity contribution in [3.05, 3.63) is 23.3 Å². The summed E-state index contributed by atoms with van der Waals surface area (Å²) in [7, 11) is 4.02. The van der Waals surface area contributed by atoms with Crippen LogP contribution < -0.4 is 9.47 Å². The Kier molecular flexibility index (Phi) is 2.79. The smallest absolute Gasteiger partial charge is 0.206 e. The molecule has 5 aliphatic rings. The Balaban J connectivity index is 1.62. The fourth-order valence-electron chi connectivity index (χ4n) is 6.63. The maximum absolute atomic E-state index is 6.68. The molecule has 3 heterocycles. The minimum Gasteiger partial charge on any atom is -0.493 e. The van der Waals surface area contributed by atoms with E-state index < -0.39 is 5.79 Å². The molecule has 25 heavy (non-hydrogen) atoms. The molecule has 4 atom stereocenters. The molecule has 134 valence electrons. The predicted molar refractivity (Wildman–Crippen MR) is 91.2 cm³/mol. The lowest BCUT2D eigenvalue weighted by Crippen LogP contribution is -2.69. The van der Waals surface area contributed by atoms with E-state index in [1.165, 1.54) is 11.1 Å². The van der Waals surface area contributed by atoms with Gasteiger partial charge in [-0.15, -0.1) is 0 Å². The Morgan fingerprint density at radius 3 is 2.84 bits per heavy atom. The minimum absolute atomic E-state index is 0.0111. The number of rotatable bonds is 1. The summed E-state index contributed by atoms with van der Waals surface area (Å²) < 4.78 is 24.8. The van der Waals surface area contributed by atoms with Crippen LogP contribution in [0.4, 0.5) is 0 Å². The molecule has 1 unspecified atom stereocenters. The first-order chi connectivity index (χ1) is 12.2. The number of ether oxygens (including phenoxy) is 4. The molecular formula is C20H25NO4. The number of hydrogen-bond donors (Lipinski definition) is 0. The standard InChI is InChI=1S/C20H25NO4/c1-21-8-7-19-13-5-6-20(23-9-10-24-20)18(19)25-17-15(22-2)4-3-12(16(17)19)11-14(13)21/h3-4,13-14,18H,5-11H2,1-2H3/t13?,14-,18-,19+/m1/s1. The van der Waals surface area contributed by atoms with Crippen molar-refractivity contribution in [2.24, 2.45) is 5.92 Å². The van der Waals surface area contributed by atoms with Gasteiger partial charge >= 0.3 is 0 Å². The fourth-order valence-corrected chi connectivity index (χ4v) is 6.63. The molecule has 3 aliphatic heterocycles. The number of likely N-dealkylation sites (tertiary alicyclic amines) is 1. The van der Waals surface area contributed by atoms with E-state index >= 15 is 0 Å². The molecular weight excluding hydrogens is 318 g/mol. The van der Waals surface area contributed by atoms with Crippen LogP contribution in [0, 0.1) is 5.92 Å². The van der Waals surface area contributed by atoms with E-state index in [9.17, 15) is 0 Å². The molecule has 5 heteroatoms. The average Bonchev–Trinajstić information content (AvgIpc) is 3.23. The second kappa shape index (κ2) is 4.70. The maximum atomic E-state index is 6.68. The van der Waals surface area contributed by atoms with Gasteiger partial charge in [0, 0.05) is 23.4 Å². The Bertz CT molecular complexity index is 743. The van der Waals surface area contributed by atoms with E-state index in [-0.39, 0.29) is 11.5 Å². The molecule has 2 bridgehead atoms. The average molecular weight is 343 g/mol. The highest BCUT2D eigenvalue weighted by molar-refractivity contribution is 5.61. The van der Waals surface area contributed by atoms with E-state index in [2.05, 4.69) is 24.1 Å². The van der Waals surface area contributed by atoms with Gasteiger partial charge in [0.15, 0.2) is 17.6 Å². The first kappa shape index (κ1) is 14.8. The van der Waals surface area contributed by atoms with Gasteiger partial charge in [0.1, 0.15) is 0 Å². The van der Waals surface area contributed by atoms with Crippen molar-refractivity contribution >= 4 is 0 Å². The van der Waals surface area contributed by atoms with Crippen LogP contribution in [0.15, 0.2) is 12.1 Å². The van der Waals surface area contributed by atoms with E-state index in [1.807, 2.05) is 0 Å². The van der Waals surface area contributed by atoms with Gasteiger partial charge in [-0.1, -0.05) is 6.07 Å². The lowest BCUT2D eigenvalue weighted by molar-refractivity contribution is -0.260. The van der Waals surface area contributed by atoms with Gasteiger partial charge in [-0.05, 0) is 50.4 Å². The maximum Gasteiger partial charge on any atom is 0.206 e. The highest BCUT2D eigenvalue weighted by Gasteiger charge is 2.71. The monoisotopic (exact) mass is 343 g/mol. The summed E-state index contributed by atoms with van der Waals surface area (Å²) in [5.74, 6) is 1.84. The van der Waals surface area contributed by atoms with Gasteiger partial charge in [0.05, 0.1) is 20.3 Å². The Hall–Kier alpha value is -1.30. The van der Waals surface area contributed by atoms with E-state index in [0.717, 1.165) is 43.7 Å². The zero-order valence-electron chi connectivity index (χ0n) is 14.9. The number of piperidine rings is 1. The number of hydrogen-bond acceptors (Lipinski definition) is 5. The highest BCUT2D eigenvalue weighted by atomic mass is 16.8. The van der Waals surface area contributed by atoms with Crippen LogP contribution >= 0.6 is 0 Å². The van der Waals surface area contributed by atoms with Crippen LogP contribution in [0.3, 0.4) is 0 Å². The molecule has 6 rings (SSSR count). The topological polar surface area (TPSA) is 40.2 Å². The van der Waals surface area contributed by atoms with Crippen molar-refractivity contribution in [3.63, 3.8) is 0 Å². The second-order valence-electron chi connectivity index (χ2n) is 8.33. The quantitative estimate of drug-likeness (QED) is 0.781. The Labute approximate surface area is 148 Å². The highest BCUT2D eigenvalue weighted by Crippen LogP contribution is 2.66. The molecule has 0 N–H and O–H groups in total. The van der Waals surface area contributed by atoms with Gasteiger partial charge in [-0.3, -0.25) is 0 Å². The van der Waals surface area contributed by atoms with Crippen LogP contribution in [-0.2, 0) is 21.3 Å². The van der Waals surface area contributed by atoms with Gasteiger partial charge in [0.25, 0.3) is 0 Å². The molecule has 2 aliphatic carbocycles. The zero-order valence-corrected chi connectivity index (χ0v) is 14.9. The molecule has 5 nitrogen and oxygen atoms in total. The lowest BCUT2D eigenvalue weighted by Gasteiger charge is -2.60. The summed E-state index contributed by atoms with van der Waals surface area (Å²) in [5.41, 5.74) is 2.85. The molecule has 2 saturated heterocycles. The summed E-state index contributed by atoms with van der Waals surface area (Å²) in [5, 5.41) is 0. The number of fused-ring (bicyclic) bond motifs is 1. The molecule has 0 amide bonds. The summed E-state index contributed by atoms with van der Waals surface area (Å²) in [6.07, 6.45) is 4.24. The van der Waals surface area contributed by atoms with E-state index in [0.29, 0.717) is 25.2 Å². The molecule has 3 fully saturated rings. The zero-order chi connectivity index (χ0) is 16.8. The summed E-state index contributed by atoms with van der Waals surface area (Å²) in [6.45, 7) is 2.45. The molecule has 2 spiro atoms. The van der Waals surface area contributed by atoms with E-state index in [1.54, 1.807) is 7.11 Å². The van der Waals surface area contributed by atoms with E-state index in [4.69, 9.17) is 18.9 Å². The van der Waals surface area contributed by atoms with Crippen LogP contribution in [0.1, 0.15) is 30.4 Å². The first-order valence-corrected chi connectivity index (χ1v) is 9.55. The molecule has 1 aromatic rings. The third-order valence-corrected chi connectivity index (χ3v) is 7.58. The van der Waals surface area contributed by atoms with Gasteiger partial charge in [-0.2, -0.15) is 0 Å².